The molecule has 0 aliphatic carbocycles. The Morgan fingerprint density at radius 3 is 2.44 bits per heavy atom. The van der Waals surface area contributed by atoms with Gasteiger partial charge in [-0.05, 0) is 6.54 Å². The summed E-state index contributed by atoms with van der Waals surface area (Å²) in [5.41, 5.74) is 1.01. The van der Waals surface area contributed by atoms with Crippen LogP contribution in [0.15, 0.2) is 12.4 Å². The molecule has 1 aromatic rings. The van der Waals surface area contributed by atoms with Crippen molar-refractivity contribution in [1.29, 1.82) is 0 Å². The number of hydrogen-bond donors (Lipinski definition) is 1. The van der Waals surface area contributed by atoms with E-state index in [0.717, 1.165) is 18.7 Å². The van der Waals surface area contributed by atoms with Crippen LogP contribution in [0, 0.1) is 0 Å². The molecule has 0 bridgehead atoms. The van der Waals surface area contributed by atoms with Crippen molar-refractivity contribution in [3.8, 4) is 0 Å². The number of hydrogen-bond acceptors (Lipinski definition) is 6. The fraction of sp³-hybridized carbons (Fsp3) is 0.636. The number of aromatic nitrogens is 2. The highest BCUT2D eigenvalue weighted by Gasteiger charge is 2.08. The van der Waals surface area contributed by atoms with Crippen molar-refractivity contribution in [3.05, 3.63) is 18.0 Å². The average Bonchev–Trinajstić information content (AvgIpc) is 2.33. The van der Waals surface area contributed by atoms with Crippen molar-refractivity contribution in [3.63, 3.8) is 0 Å². The zero-order valence-electron chi connectivity index (χ0n) is 11.0. The van der Waals surface area contributed by atoms with E-state index < -0.39 is 9.84 Å². The summed E-state index contributed by atoms with van der Waals surface area (Å²) >= 11 is 0. The van der Waals surface area contributed by atoms with Crippen molar-refractivity contribution in [2.24, 2.45) is 0 Å². The fourth-order valence-electron chi connectivity index (χ4n) is 1.31. The van der Waals surface area contributed by atoms with Gasteiger partial charge in [0, 0.05) is 44.4 Å². The first-order chi connectivity index (χ1) is 8.42. The Hall–Kier alpha value is -1.21. The maximum Gasteiger partial charge on any atom is 0.225 e. The summed E-state index contributed by atoms with van der Waals surface area (Å²) in [6.07, 6.45) is 4.73. The molecule has 0 spiro atoms. The highest BCUT2D eigenvalue weighted by atomic mass is 32.2. The molecule has 1 N–H and O–H groups in total. The van der Waals surface area contributed by atoms with Gasteiger partial charge >= 0.3 is 0 Å². The van der Waals surface area contributed by atoms with Gasteiger partial charge in [-0.3, -0.25) is 0 Å². The maximum atomic E-state index is 11.1. The quantitative estimate of drug-likeness (QED) is 0.757. The lowest BCUT2D eigenvalue weighted by Crippen LogP contribution is -2.26. The Labute approximate surface area is 108 Å². The Morgan fingerprint density at radius 1 is 1.33 bits per heavy atom. The van der Waals surface area contributed by atoms with Gasteiger partial charge in [0.05, 0.1) is 5.75 Å². The molecule has 0 unspecified atom stereocenters. The van der Waals surface area contributed by atoms with Crippen LogP contribution in [0.4, 0.5) is 5.95 Å². The molecule has 18 heavy (non-hydrogen) atoms. The Bertz CT molecular complexity index is 458. The minimum absolute atomic E-state index is 0.103. The SMILES string of the molecule is CCNCc1cnc(N(C)CCS(C)(=O)=O)nc1. The van der Waals surface area contributed by atoms with E-state index in [0.29, 0.717) is 12.5 Å². The Balaban J connectivity index is 2.56. The number of rotatable bonds is 7. The van der Waals surface area contributed by atoms with Crippen molar-refractivity contribution < 1.29 is 8.42 Å². The standard InChI is InChI=1S/C11H20N4O2S/c1-4-12-7-10-8-13-11(14-9-10)15(2)5-6-18(3,16)17/h8-9,12H,4-7H2,1-3H3. The smallest absolute Gasteiger partial charge is 0.225 e. The van der Waals surface area contributed by atoms with Crippen LogP contribution >= 0.6 is 0 Å². The van der Waals surface area contributed by atoms with Gasteiger partial charge in [0.1, 0.15) is 9.84 Å². The van der Waals surface area contributed by atoms with Crippen LogP contribution in [0.25, 0.3) is 0 Å². The number of anilines is 1. The van der Waals surface area contributed by atoms with Crippen LogP contribution in [-0.4, -0.2) is 50.5 Å². The lowest BCUT2D eigenvalue weighted by molar-refractivity contribution is 0.600. The molecule has 1 rings (SSSR count). The molecule has 0 saturated heterocycles. The van der Waals surface area contributed by atoms with Crippen molar-refractivity contribution >= 4 is 15.8 Å². The molecule has 1 aromatic heterocycles. The summed E-state index contributed by atoms with van der Waals surface area (Å²) in [6.45, 7) is 4.07. The molecule has 7 heteroatoms. The monoisotopic (exact) mass is 272 g/mol. The lowest BCUT2D eigenvalue weighted by Gasteiger charge is -2.16. The number of nitrogens with one attached hydrogen (secondary N) is 1. The highest BCUT2D eigenvalue weighted by molar-refractivity contribution is 7.90. The summed E-state index contributed by atoms with van der Waals surface area (Å²) in [5.74, 6) is 0.644. The lowest BCUT2D eigenvalue weighted by atomic mass is 10.3. The molecule has 0 aliphatic rings. The molecule has 6 nitrogen and oxygen atoms in total. The van der Waals surface area contributed by atoms with Crippen molar-refractivity contribution in [1.82, 2.24) is 15.3 Å². The Kier molecular flexibility index (Phi) is 5.49. The third-order valence-electron chi connectivity index (χ3n) is 2.41. The summed E-state index contributed by atoms with van der Waals surface area (Å²) in [5, 5.41) is 3.19. The molecular weight excluding hydrogens is 252 g/mol. The van der Waals surface area contributed by atoms with E-state index in [1.165, 1.54) is 6.26 Å². The molecule has 0 radical (unpaired) electrons. The molecular formula is C11H20N4O2S. The second-order valence-electron chi connectivity index (χ2n) is 4.22. The maximum absolute atomic E-state index is 11.1. The summed E-state index contributed by atoms with van der Waals surface area (Å²) in [6, 6.07) is 0. The van der Waals surface area contributed by atoms with E-state index in [1.54, 1.807) is 24.3 Å². The first-order valence-electron chi connectivity index (χ1n) is 5.83. The zero-order chi connectivity index (χ0) is 13.6. The van der Waals surface area contributed by atoms with E-state index in [2.05, 4.69) is 15.3 Å². The largest absolute Gasteiger partial charge is 0.343 e. The van der Waals surface area contributed by atoms with Gasteiger partial charge < -0.3 is 10.2 Å². The van der Waals surface area contributed by atoms with E-state index in [9.17, 15) is 8.42 Å². The van der Waals surface area contributed by atoms with Gasteiger partial charge in [0.25, 0.3) is 0 Å². The Morgan fingerprint density at radius 2 is 1.94 bits per heavy atom. The van der Waals surface area contributed by atoms with Crippen LogP contribution in [-0.2, 0) is 16.4 Å². The van der Waals surface area contributed by atoms with E-state index >= 15 is 0 Å². The van der Waals surface area contributed by atoms with Gasteiger partial charge in [-0.25, -0.2) is 18.4 Å². The van der Waals surface area contributed by atoms with Gasteiger partial charge in [-0.15, -0.1) is 0 Å². The van der Waals surface area contributed by atoms with Crippen molar-refractivity contribution in [2.45, 2.75) is 13.5 Å². The number of nitrogens with zero attached hydrogens (tertiary/aromatic N) is 3. The molecule has 0 aromatic carbocycles. The van der Waals surface area contributed by atoms with Crippen LogP contribution in [0.1, 0.15) is 12.5 Å². The first-order valence-corrected chi connectivity index (χ1v) is 7.89. The highest BCUT2D eigenvalue weighted by Crippen LogP contribution is 2.05. The predicted molar refractivity (Wildman–Crippen MR) is 72.4 cm³/mol. The second-order valence-corrected chi connectivity index (χ2v) is 6.48. The van der Waals surface area contributed by atoms with E-state index in [1.807, 2.05) is 6.92 Å². The van der Waals surface area contributed by atoms with E-state index in [4.69, 9.17) is 0 Å². The fourth-order valence-corrected chi connectivity index (χ4v) is 1.91. The van der Waals surface area contributed by atoms with Gasteiger partial charge in [-0.1, -0.05) is 6.92 Å². The molecule has 102 valence electrons. The van der Waals surface area contributed by atoms with Gasteiger partial charge in [0.2, 0.25) is 5.95 Å². The van der Waals surface area contributed by atoms with Crippen LogP contribution < -0.4 is 10.2 Å². The van der Waals surface area contributed by atoms with E-state index in [-0.39, 0.29) is 5.75 Å². The summed E-state index contributed by atoms with van der Waals surface area (Å²) in [7, 11) is -1.17. The predicted octanol–water partition coefficient (Wildman–Crippen LogP) is 0.0669. The number of sulfone groups is 1. The zero-order valence-corrected chi connectivity index (χ0v) is 11.9. The van der Waals surface area contributed by atoms with Crippen LogP contribution in [0.5, 0.6) is 0 Å². The molecule has 0 fully saturated rings. The van der Waals surface area contributed by atoms with Gasteiger partial charge in [0.15, 0.2) is 0 Å². The first kappa shape index (κ1) is 14.8. The van der Waals surface area contributed by atoms with Crippen LogP contribution in [0.2, 0.25) is 0 Å². The third-order valence-corrected chi connectivity index (χ3v) is 3.33. The molecule has 1 heterocycles. The minimum atomic E-state index is -2.95. The second kappa shape index (κ2) is 6.65. The van der Waals surface area contributed by atoms with Gasteiger partial charge in [-0.2, -0.15) is 0 Å². The molecule has 0 atom stereocenters. The normalized spacial score (nSPS) is 11.5. The molecule has 0 amide bonds. The summed E-state index contributed by atoms with van der Waals surface area (Å²) in [4.78, 5) is 10.2. The average molecular weight is 272 g/mol. The molecule has 0 saturated carbocycles. The van der Waals surface area contributed by atoms with Crippen LogP contribution in [0.3, 0.4) is 0 Å². The topological polar surface area (TPSA) is 75.2 Å². The third kappa shape index (κ3) is 5.42. The minimum Gasteiger partial charge on any atom is -0.343 e. The molecule has 0 aliphatic heterocycles. The summed E-state index contributed by atoms with van der Waals surface area (Å²) < 4.78 is 22.1. The van der Waals surface area contributed by atoms with Crippen molar-refractivity contribution in [2.75, 3.05) is 37.0 Å².